The molecule has 5 aliphatic rings. The molecule has 0 amide bonds. The quantitative estimate of drug-likeness (QED) is 0.464. The number of hydrogen-bond acceptors (Lipinski definition) is 3. The van der Waals surface area contributed by atoms with E-state index in [9.17, 15) is 4.79 Å². The van der Waals surface area contributed by atoms with Crippen molar-refractivity contribution in [2.75, 3.05) is 0 Å². The second-order valence-corrected chi connectivity index (χ2v) is 6.47. The molecule has 1 saturated heterocycles. The minimum absolute atomic E-state index is 0.123. The normalized spacial score (nSPS) is 64.4. The second kappa shape index (κ2) is 2.41. The van der Waals surface area contributed by atoms with Gasteiger partial charge in [0.25, 0.3) is 0 Å². The van der Waals surface area contributed by atoms with Gasteiger partial charge in [0.1, 0.15) is 12.2 Å². The van der Waals surface area contributed by atoms with Gasteiger partial charge in [-0.3, -0.25) is 0 Å². The van der Waals surface area contributed by atoms with Gasteiger partial charge in [-0.15, -0.1) is 0 Å². The SMILES string of the molecule is O=C1OC2C3CC(C2O1)[C@H]1C2CCC(C2)C31. The van der Waals surface area contributed by atoms with E-state index in [0.29, 0.717) is 11.8 Å². The van der Waals surface area contributed by atoms with Gasteiger partial charge in [-0.2, -0.15) is 0 Å². The maximum absolute atomic E-state index is 11.2. The molecule has 86 valence electrons. The molecule has 4 aliphatic carbocycles. The monoisotopic (exact) mass is 220 g/mol. The van der Waals surface area contributed by atoms with E-state index in [1.165, 1.54) is 25.7 Å². The summed E-state index contributed by atoms with van der Waals surface area (Å²) in [6.45, 7) is 0. The van der Waals surface area contributed by atoms with E-state index in [4.69, 9.17) is 9.47 Å². The van der Waals surface area contributed by atoms with Crippen LogP contribution in [0.3, 0.4) is 0 Å². The molecular formula is C13H16O3. The first-order valence-corrected chi connectivity index (χ1v) is 6.70. The van der Waals surface area contributed by atoms with Gasteiger partial charge in [-0.05, 0) is 49.4 Å². The van der Waals surface area contributed by atoms with Crippen LogP contribution >= 0.6 is 0 Å². The third kappa shape index (κ3) is 0.731. The number of hydrogen-bond donors (Lipinski definition) is 0. The van der Waals surface area contributed by atoms with Crippen LogP contribution in [0.2, 0.25) is 0 Å². The molecule has 4 saturated carbocycles. The molecule has 0 N–H and O–H groups in total. The van der Waals surface area contributed by atoms with Gasteiger partial charge >= 0.3 is 6.16 Å². The summed E-state index contributed by atoms with van der Waals surface area (Å²) in [5, 5.41) is 0. The molecule has 1 heterocycles. The van der Waals surface area contributed by atoms with Crippen LogP contribution in [0.1, 0.15) is 25.7 Å². The summed E-state index contributed by atoms with van der Waals surface area (Å²) < 4.78 is 10.7. The van der Waals surface area contributed by atoms with Gasteiger partial charge in [-0.25, -0.2) is 4.79 Å². The lowest BCUT2D eigenvalue weighted by Crippen LogP contribution is -2.42. The maximum atomic E-state index is 11.2. The molecule has 7 unspecified atom stereocenters. The zero-order chi connectivity index (χ0) is 10.4. The molecule has 3 heteroatoms. The Morgan fingerprint density at radius 3 is 2.00 bits per heavy atom. The number of fused-ring (bicyclic) bond motifs is 12. The number of ether oxygens (including phenoxy) is 2. The molecule has 4 bridgehead atoms. The Morgan fingerprint density at radius 1 is 0.875 bits per heavy atom. The lowest BCUT2D eigenvalue weighted by Gasteiger charge is -2.38. The first-order chi connectivity index (χ1) is 7.83. The smallest absolute Gasteiger partial charge is 0.427 e. The molecule has 0 radical (unpaired) electrons. The van der Waals surface area contributed by atoms with E-state index >= 15 is 0 Å². The number of carbonyl (C=O) groups is 1. The van der Waals surface area contributed by atoms with Crippen molar-refractivity contribution in [3.05, 3.63) is 0 Å². The Morgan fingerprint density at radius 2 is 1.44 bits per heavy atom. The fraction of sp³-hybridized carbons (Fsp3) is 0.923. The zero-order valence-corrected chi connectivity index (χ0v) is 9.17. The highest BCUT2D eigenvalue weighted by Crippen LogP contribution is 2.68. The molecule has 0 aromatic carbocycles. The van der Waals surface area contributed by atoms with E-state index in [1.54, 1.807) is 0 Å². The molecule has 16 heavy (non-hydrogen) atoms. The topological polar surface area (TPSA) is 35.5 Å². The molecule has 0 spiro atoms. The average Bonchev–Trinajstić information content (AvgIpc) is 2.98. The third-order valence-corrected chi connectivity index (χ3v) is 6.21. The van der Waals surface area contributed by atoms with Crippen molar-refractivity contribution in [1.82, 2.24) is 0 Å². The van der Waals surface area contributed by atoms with Crippen molar-refractivity contribution in [2.45, 2.75) is 37.9 Å². The summed E-state index contributed by atoms with van der Waals surface area (Å²) in [6, 6.07) is 0. The van der Waals surface area contributed by atoms with Gasteiger partial charge in [0.05, 0.1) is 0 Å². The van der Waals surface area contributed by atoms with Crippen LogP contribution in [0, 0.1) is 35.5 Å². The van der Waals surface area contributed by atoms with Crippen LogP contribution in [0.25, 0.3) is 0 Å². The molecule has 0 aromatic rings. The number of carbonyl (C=O) groups excluding carboxylic acids is 1. The van der Waals surface area contributed by atoms with E-state index < -0.39 is 6.16 Å². The molecule has 3 nitrogen and oxygen atoms in total. The van der Waals surface area contributed by atoms with Crippen LogP contribution in [-0.2, 0) is 9.47 Å². The van der Waals surface area contributed by atoms with Crippen LogP contribution < -0.4 is 0 Å². The van der Waals surface area contributed by atoms with Crippen LogP contribution in [0.5, 0.6) is 0 Å². The molecular weight excluding hydrogens is 204 g/mol. The largest absolute Gasteiger partial charge is 0.509 e. The predicted octanol–water partition coefficient (Wildman–Crippen LogP) is 2.20. The lowest BCUT2D eigenvalue weighted by atomic mass is 9.69. The summed E-state index contributed by atoms with van der Waals surface area (Å²) in [5.74, 6) is 4.93. The Kier molecular flexibility index (Phi) is 1.26. The van der Waals surface area contributed by atoms with Gasteiger partial charge < -0.3 is 9.47 Å². The van der Waals surface area contributed by atoms with Crippen molar-refractivity contribution >= 4 is 6.16 Å². The van der Waals surface area contributed by atoms with Crippen molar-refractivity contribution in [3.8, 4) is 0 Å². The number of rotatable bonds is 0. The lowest BCUT2D eigenvalue weighted by molar-refractivity contribution is 0.00878. The van der Waals surface area contributed by atoms with E-state index in [1.807, 2.05) is 0 Å². The summed E-state index contributed by atoms with van der Waals surface area (Å²) in [6.07, 6.45) is 5.43. The van der Waals surface area contributed by atoms with Gasteiger partial charge in [0, 0.05) is 11.8 Å². The first-order valence-electron chi connectivity index (χ1n) is 6.70. The molecule has 5 rings (SSSR count). The average molecular weight is 220 g/mol. The molecule has 1 aliphatic heterocycles. The summed E-state index contributed by atoms with van der Waals surface area (Å²) >= 11 is 0. The third-order valence-electron chi connectivity index (χ3n) is 6.21. The predicted molar refractivity (Wildman–Crippen MR) is 54.6 cm³/mol. The Labute approximate surface area is 94.5 Å². The van der Waals surface area contributed by atoms with Crippen LogP contribution in [0.4, 0.5) is 4.79 Å². The van der Waals surface area contributed by atoms with Crippen molar-refractivity contribution < 1.29 is 14.3 Å². The van der Waals surface area contributed by atoms with Gasteiger partial charge in [0.15, 0.2) is 0 Å². The fourth-order valence-electron chi connectivity index (χ4n) is 6.03. The summed E-state index contributed by atoms with van der Waals surface area (Å²) in [4.78, 5) is 11.2. The fourth-order valence-corrected chi connectivity index (χ4v) is 6.03. The van der Waals surface area contributed by atoms with Gasteiger partial charge in [-0.1, -0.05) is 0 Å². The Balaban J connectivity index is 1.57. The van der Waals surface area contributed by atoms with Crippen molar-refractivity contribution in [1.29, 1.82) is 0 Å². The highest BCUT2D eigenvalue weighted by atomic mass is 16.8. The van der Waals surface area contributed by atoms with E-state index in [2.05, 4.69) is 0 Å². The van der Waals surface area contributed by atoms with Gasteiger partial charge in [0.2, 0.25) is 0 Å². The summed E-state index contributed by atoms with van der Waals surface area (Å²) in [5.41, 5.74) is 0. The standard InChI is InChI=1S/C13H16O3/c14-13-15-11-7-4-8(12(11)16-13)10-6-2-1-5(3-6)9(7)10/h5-12H,1-4H2/t5?,6?,7?,8?,9-,10?,11?,12?/m1/s1. The highest BCUT2D eigenvalue weighted by Gasteiger charge is 2.69. The first kappa shape index (κ1) is 8.37. The minimum Gasteiger partial charge on any atom is -0.427 e. The van der Waals surface area contributed by atoms with E-state index in [-0.39, 0.29) is 12.2 Å². The van der Waals surface area contributed by atoms with Crippen LogP contribution in [-0.4, -0.2) is 18.4 Å². The van der Waals surface area contributed by atoms with Crippen molar-refractivity contribution in [3.63, 3.8) is 0 Å². The summed E-state index contributed by atoms with van der Waals surface area (Å²) in [7, 11) is 0. The highest BCUT2D eigenvalue weighted by molar-refractivity contribution is 5.63. The Bertz CT molecular complexity index is 347. The Hall–Kier alpha value is -0.730. The zero-order valence-electron chi connectivity index (χ0n) is 9.17. The second-order valence-electron chi connectivity index (χ2n) is 6.47. The van der Waals surface area contributed by atoms with Crippen molar-refractivity contribution in [2.24, 2.45) is 35.5 Å². The molecule has 8 atom stereocenters. The van der Waals surface area contributed by atoms with Crippen LogP contribution in [0.15, 0.2) is 0 Å². The molecule has 0 aromatic heterocycles. The minimum atomic E-state index is -0.406. The van der Waals surface area contributed by atoms with E-state index in [0.717, 1.165) is 23.7 Å². The molecule has 5 fully saturated rings. The maximum Gasteiger partial charge on any atom is 0.509 e.